The number of benzene rings is 1. The van der Waals surface area contributed by atoms with Gasteiger partial charge in [-0.05, 0) is 37.5 Å². The molecule has 2 aliphatic heterocycles. The number of rotatable bonds is 5. The Labute approximate surface area is 185 Å². The normalized spacial score (nSPS) is 17.4. The van der Waals surface area contributed by atoms with Crippen LogP contribution in [0.1, 0.15) is 25.3 Å². The third kappa shape index (κ3) is 5.86. The number of hydrogen-bond donors (Lipinski definition) is 1. The molecule has 7 heteroatoms. The molecule has 1 aromatic rings. The van der Waals surface area contributed by atoms with Crippen LogP contribution in [0.25, 0.3) is 0 Å². The highest BCUT2D eigenvalue weighted by Crippen LogP contribution is 2.20. The molecule has 1 aromatic carbocycles. The molecule has 3 rings (SSSR count). The van der Waals surface area contributed by atoms with Gasteiger partial charge in [-0.2, -0.15) is 0 Å². The molecule has 154 valence electrons. The number of guanidine groups is 1. The van der Waals surface area contributed by atoms with Crippen LogP contribution in [0.3, 0.4) is 0 Å². The quantitative estimate of drug-likeness (QED) is 0.223. The number of carbonyl (C=O) groups excluding carboxylic acids is 1. The number of halogens is 1. The van der Waals surface area contributed by atoms with Crippen LogP contribution in [0.15, 0.2) is 41.4 Å². The fourth-order valence-electron chi connectivity index (χ4n) is 3.65. The Kier molecular flexibility index (Phi) is 9.08. The summed E-state index contributed by atoms with van der Waals surface area (Å²) in [6, 6.07) is 8.64. The topological polar surface area (TPSA) is 57.2 Å². The average Bonchev–Trinajstić information content (AvgIpc) is 3.24. The number of hydrogen-bond acceptors (Lipinski definition) is 4. The second kappa shape index (κ2) is 11.3. The maximum absolute atomic E-state index is 11.9. The molecule has 2 heterocycles. The molecule has 0 unspecified atom stereocenters. The molecule has 2 aliphatic rings. The van der Waals surface area contributed by atoms with Gasteiger partial charge in [0.15, 0.2) is 5.96 Å². The van der Waals surface area contributed by atoms with Crippen LogP contribution in [-0.4, -0.2) is 56.7 Å². The lowest BCUT2D eigenvalue weighted by Crippen LogP contribution is -2.46. The van der Waals surface area contributed by atoms with E-state index in [9.17, 15) is 4.79 Å². The van der Waals surface area contributed by atoms with Gasteiger partial charge in [0.25, 0.3) is 0 Å². The average molecular weight is 498 g/mol. The Hall–Kier alpha value is -1.77. The van der Waals surface area contributed by atoms with Gasteiger partial charge >= 0.3 is 5.97 Å². The van der Waals surface area contributed by atoms with Crippen molar-refractivity contribution in [2.75, 3.05) is 44.7 Å². The van der Waals surface area contributed by atoms with Crippen LogP contribution >= 0.6 is 24.0 Å². The largest absolute Gasteiger partial charge is 0.466 e. The molecular formula is C21H31IN4O2. The lowest BCUT2D eigenvalue weighted by atomic mass is 9.97. The summed E-state index contributed by atoms with van der Waals surface area (Å²) in [5.74, 6) is 0.851. The molecule has 6 nitrogen and oxygen atoms in total. The maximum atomic E-state index is 11.9. The summed E-state index contributed by atoms with van der Waals surface area (Å²) < 4.78 is 5.15. The SMILES string of the molecule is CCOC(=O)C1CCN(C(=NC)NCc2cccc(N3CC=CC3)c2)CC1.I. The molecule has 1 N–H and O–H groups in total. The molecule has 1 fully saturated rings. The van der Waals surface area contributed by atoms with Crippen LogP contribution in [0.4, 0.5) is 5.69 Å². The zero-order valence-electron chi connectivity index (χ0n) is 16.8. The Morgan fingerprint density at radius 2 is 1.96 bits per heavy atom. The molecule has 0 atom stereocenters. The first-order valence-corrected chi connectivity index (χ1v) is 9.82. The monoisotopic (exact) mass is 498 g/mol. The highest BCUT2D eigenvalue weighted by atomic mass is 127. The fraction of sp³-hybridized carbons (Fsp3) is 0.524. The minimum Gasteiger partial charge on any atom is -0.466 e. The summed E-state index contributed by atoms with van der Waals surface area (Å²) in [5, 5.41) is 3.47. The third-order valence-electron chi connectivity index (χ3n) is 5.17. The molecule has 0 radical (unpaired) electrons. The number of carbonyl (C=O) groups is 1. The minimum absolute atomic E-state index is 0. The van der Waals surface area contributed by atoms with Gasteiger partial charge in [0.05, 0.1) is 12.5 Å². The summed E-state index contributed by atoms with van der Waals surface area (Å²) in [6.45, 7) is 6.65. The van der Waals surface area contributed by atoms with Crippen molar-refractivity contribution in [3.63, 3.8) is 0 Å². The standard InChI is InChI=1S/C21H30N4O2.HI/c1-3-27-20(26)18-9-13-25(14-10-18)21(22-2)23-16-17-7-6-8-19(15-17)24-11-4-5-12-24;/h4-8,15,18H,3,9-14,16H2,1-2H3,(H,22,23);1H. The second-order valence-corrected chi connectivity index (χ2v) is 6.96. The third-order valence-corrected chi connectivity index (χ3v) is 5.17. The number of ether oxygens (including phenoxy) is 1. The van der Waals surface area contributed by atoms with E-state index < -0.39 is 0 Å². The molecule has 0 spiro atoms. The van der Waals surface area contributed by atoms with Crippen LogP contribution in [-0.2, 0) is 16.1 Å². The first-order chi connectivity index (χ1) is 13.2. The number of anilines is 1. The van der Waals surface area contributed by atoms with E-state index in [0.29, 0.717) is 6.61 Å². The lowest BCUT2D eigenvalue weighted by molar-refractivity contribution is -0.149. The van der Waals surface area contributed by atoms with Crippen molar-refractivity contribution in [3.05, 3.63) is 42.0 Å². The summed E-state index contributed by atoms with van der Waals surface area (Å²) in [6.07, 6.45) is 6.04. The predicted molar refractivity (Wildman–Crippen MR) is 124 cm³/mol. The first kappa shape index (κ1) is 22.5. The molecule has 0 saturated carbocycles. The van der Waals surface area contributed by atoms with E-state index in [0.717, 1.165) is 51.5 Å². The van der Waals surface area contributed by atoms with E-state index >= 15 is 0 Å². The number of likely N-dealkylation sites (tertiary alicyclic amines) is 1. The molecule has 28 heavy (non-hydrogen) atoms. The highest BCUT2D eigenvalue weighted by Gasteiger charge is 2.27. The van der Waals surface area contributed by atoms with Gasteiger partial charge in [0, 0.05) is 45.5 Å². The van der Waals surface area contributed by atoms with Crippen molar-refractivity contribution >= 4 is 41.6 Å². The smallest absolute Gasteiger partial charge is 0.309 e. The number of nitrogens with one attached hydrogen (secondary N) is 1. The van der Waals surface area contributed by atoms with Crippen LogP contribution in [0, 0.1) is 5.92 Å². The molecule has 0 aromatic heterocycles. The van der Waals surface area contributed by atoms with Crippen molar-refractivity contribution in [2.24, 2.45) is 10.9 Å². The minimum atomic E-state index is -0.0617. The van der Waals surface area contributed by atoms with Gasteiger partial charge in [-0.15, -0.1) is 24.0 Å². The number of nitrogens with zero attached hydrogens (tertiary/aromatic N) is 3. The summed E-state index contributed by atoms with van der Waals surface area (Å²) in [4.78, 5) is 20.9. The van der Waals surface area contributed by atoms with Crippen LogP contribution < -0.4 is 10.2 Å². The predicted octanol–water partition coefficient (Wildman–Crippen LogP) is 3.03. The Bertz CT molecular complexity index is 691. The van der Waals surface area contributed by atoms with Crippen molar-refractivity contribution < 1.29 is 9.53 Å². The summed E-state index contributed by atoms with van der Waals surface area (Å²) >= 11 is 0. The van der Waals surface area contributed by atoms with Crippen molar-refractivity contribution in [1.82, 2.24) is 10.2 Å². The molecule has 1 saturated heterocycles. The van der Waals surface area contributed by atoms with Crippen molar-refractivity contribution in [1.29, 1.82) is 0 Å². The van der Waals surface area contributed by atoms with Gasteiger partial charge in [-0.25, -0.2) is 0 Å². The van der Waals surface area contributed by atoms with Crippen molar-refractivity contribution in [3.8, 4) is 0 Å². The van der Waals surface area contributed by atoms with E-state index in [-0.39, 0.29) is 35.9 Å². The van der Waals surface area contributed by atoms with E-state index in [1.54, 1.807) is 0 Å². The Morgan fingerprint density at radius 1 is 1.25 bits per heavy atom. The van der Waals surface area contributed by atoms with Gasteiger partial charge in [0.2, 0.25) is 0 Å². The summed E-state index contributed by atoms with van der Waals surface area (Å²) in [7, 11) is 1.81. The zero-order valence-corrected chi connectivity index (χ0v) is 19.1. The highest BCUT2D eigenvalue weighted by molar-refractivity contribution is 14.0. The molecular weight excluding hydrogens is 467 g/mol. The molecule has 0 bridgehead atoms. The zero-order chi connectivity index (χ0) is 19.1. The van der Waals surface area contributed by atoms with Gasteiger partial charge in [-0.1, -0.05) is 24.3 Å². The molecule has 0 amide bonds. The van der Waals surface area contributed by atoms with Gasteiger partial charge < -0.3 is 19.9 Å². The number of piperidine rings is 1. The Morgan fingerprint density at radius 3 is 2.61 bits per heavy atom. The van der Waals surface area contributed by atoms with E-state index in [2.05, 4.69) is 56.5 Å². The summed E-state index contributed by atoms with van der Waals surface area (Å²) in [5.41, 5.74) is 2.49. The maximum Gasteiger partial charge on any atom is 0.309 e. The lowest BCUT2D eigenvalue weighted by Gasteiger charge is -2.33. The number of aliphatic imine (C=N–C) groups is 1. The molecule has 0 aliphatic carbocycles. The fourth-order valence-corrected chi connectivity index (χ4v) is 3.65. The second-order valence-electron chi connectivity index (χ2n) is 6.96. The van der Waals surface area contributed by atoms with Gasteiger partial charge in [0.1, 0.15) is 0 Å². The first-order valence-electron chi connectivity index (χ1n) is 9.82. The van der Waals surface area contributed by atoms with Crippen LogP contribution in [0.2, 0.25) is 0 Å². The van der Waals surface area contributed by atoms with Gasteiger partial charge in [-0.3, -0.25) is 9.79 Å². The van der Waals surface area contributed by atoms with Crippen molar-refractivity contribution in [2.45, 2.75) is 26.3 Å². The Balaban J connectivity index is 0.00000280. The van der Waals surface area contributed by atoms with E-state index in [4.69, 9.17) is 4.74 Å². The van der Waals surface area contributed by atoms with E-state index in [1.165, 1.54) is 11.3 Å². The number of esters is 1. The van der Waals surface area contributed by atoms with E-state index in [1.807, 2.05) is 14.0 Å². The van der Waals surface area contributed by atoms with Crippen LogP contribution in [0.5, 0.6) is 0 Å².